The van der Waals surface area contributed by atoms with Gasteiger partial charge in [0.2, 0.25) is 0 Å². The molecule has 0 fully saturated rings. The third-order valence-electron chi connectivity index (χ3n) is 10.6. The minimum absolute atomic E-state index is 1.09. The lowest BCUT2D eigenvalue weighted by Gasteiger charge is -2.27. The molecule has 0 atom stereocenters. The van der Waals surface area contributed by atoms with Crippen LogP contribution in [0.3, 0.4) is 0 Å². The van der Waals surface area contributed by atoms with Gasteiger partial charge in [0.05, 0.1) is 16.7 Å². The average Bonchev–Trinajstić information content (AvgIpc) is 3.60. The van der Waals surface area contributed by atoms with Crippen molar-refractivity contribution in [3.05, 3.63) is 218 Å². The van der Waals surface area contributed by atoms with Gasteiger partial charge in [0.15, 0.2) is 0 Å². The first-order valence-electron chi connectivity index (χ1n) is 18.5. The predicted octanol–water partition coefficient (Wildman–Crippen LogP) is 14.4. The number of hydrogen-bond donors (Lipinski definition) is 0. The Morgan fingerprint density at radius 2 is 0.815 bits per heavy atom. The van der Waals surface area contributed by atoms with Gasteiger partial charge in [-0.2, -0.15) is 0 Å². The molecule has 9 aromatic carbocycles. The smallest absolute Gasteiger partial charge is 0.0562 e. The highest BCUT2D eigenvalue weighted by Gasteiger charge is 2.23. The molecule has 2 heteroatoms. The van der Waals surface area contributed by atoms with E-state index in [4.69, 9.17) is 0 Å². The summed E-state index contributed by atoms with van der Waals surface area (Å²) in [5.74, 6) is 0. The van der Waals surface area contributed by atoms with E-state index >= 15 is 0 Å². The largest absolute Gasteiger partial charge is 0.310 e. The van der Waals surface area contributed by atoms with Crippen molar-refractivity contribution in [3.8, 4) is 39.1 Å². The Balaban J connectivity index is 1.22. The van der Waals surface area contributed by atoms with E-state index in [1.165, 1.54) is 60.4 Å². The molecule has 1 aromatic heterocycles. The molecule has 254 valence electrons. The van der Waals surface area contributed by atoms with E-state index in [-0.39, 0.29) is 0 Å². The van der Waals surface area contributed by atoms with Crippen LogP contribution in [0.2, 0.25) is 0 Å². The predicted molar refractivity (Wildman–Crippen MR) is 229 cm³/mol. The van der Waals surface area contributed by atoms with Crippen molar-refractivity contribution < 1.29 is 0 Å². The monoisotopic (exact) mass is 688 g/mol. The lowest BCUT2D eigenvalue weighted by Crippen LogP contribution is -2.10. The van der Waals surface area contributed by atoms with Gasteiger partial charge in [-0.25, -0.2) is 0 Å². The van der Waals surface area contributed by atoms with Crippen molar-refractivity contribution in [2.24, 2.45) is 0 Å². The van der Waals surface area contributed by atoms with Crippen LogP contribution in [-0.2, 0) is 0 Å². The molecule has 0 aliphatic carbocycles. The first-order valence-corrected chi connectivity index (χ1v) is 18.5. The van der Waals surface area contributed by atoms with Crippen molar-refractivity contribution in [3.63, 3.8) is 0 Å². The number of rotatable bonds is 7. The van der Waals surface area contributed by atoms with Gasteiger partial charge in [-0.3, -0.25) is 0 Å². The van der Waals surface area contributed by atoms with Crippen LogP contribution in [0, 0.1) is 0 Å². The molecule has 0 spiro atoms. The van der Waals surface area contributed by atoms with Gasteiger partial charge in [0.25, 0.3) is 0 Å². The summed E-state index contributed by atoms with van der Waals surface area (Å²) in [6.45, 7) is 0. The van der Waals surface area contributed by atoms with Crippen LogP contribution in [0.25, 0.3) is 71.6 Å². The van der Waals surface area contributed by atoms with Crippen LogP contribution < -0.4 is 4.90 Å². The summed E-state index contributed by atoms with van der Waals surface area (Å²) in [4.78, 5) is 2.43. The number of hydrogen-bond acceptors (Lipinski definition) is 1. The maximum absolute atomic E-state index is 2.43. The molecule has 0 radical (unpaired) electrons. The number of para-hydroxylation sites is 1. The van der Waals surface area contributed by atoms with Crippen molar-refractivity contribution in [1.82, 2.24) is 4.57 Å². The van der Waals surface area contributed by atoms with Crippen molar-refractivity contribution in [1.29, 1.82) is 0 Å². The number of benzene rings is 9. The molecule has 2 nitrogen and oxygen atoms in total. The summed E-state index contributed by atoms with van der Waals surface area (Å²) in [6.07, 6.45) is 0. The molecule has 10 rings (SSSR count). The Bertz CT molecular complexity index is 2890. The molecule has 1 heterocycles. The van der Waals surface area contributed by atoms with Crippen LogP contribution in [0.1, 0.15) is 0 Å². The van der Waals surface area contributed by atoms with Gasteiger partial charge in [-0.15, -0.1) is 0 Å². The van der Waals surface area contributed by atoms with Crippen LogP contribution in [0.5, 0.6) is 0 Å². The van der Waals surface area contributed by atoms with Gasteiger partial charge >= 0.3 is 0 Å². The standard InChI is InChI=1S/C52H36N2/c1-4-14-37(15-5-1)39-28-32-45(33-29-39)53(46-34-30-40(31-35-46)43-27-26-38-16-10-11-19-42(38)36-43)49-24-13-25-50-52(49)51-47(41-17-6-2-7-18-41)22-12-23-48(51)54(50)44-20-8-3-9-21-44/h1-36H. The number of anilines is 3. The highest BCUT2D eigenvalue weighted by molar-refractivity contribution is 6.21. The Morgan fingerprint density at radius 1 is 0.315 bits per heavy atom. The maximum Gasteiger partial charge on any atom is 0.0562 e. The molecular weight excluding hydrogens is 653 g/mol. The molecule has 0 aliphatic heterocycles. The minimum atomic E-state index is 1.09. The van der Waals surface area contributed by atoms with Crippen molar-refractivity contribution in [2.75, 3.05) is 4.90 Å². The van der Waals surface area contributed by atoms with E-state index in [1.807, 2.05) is 0 Å². The van der Waals surface area contributed by atoms with Crippen LogP contribution in [-0.4, -0.2) is 4.57 Å². The zero-order valence-corrected chi connectivity index (χ0v) is 29.7. The van der Waals surface area contributed by atoms with Gasteiger partial charge < -0.3 is 9.47 Å². The summed E-state index contributed by atoms with van der Waals surface area (Å²) in [6, 6.07) is 78.9. The van der Waals surface area contributed by atoms with E-state index in [0.29, 0.717) is 0 Å². The fraction of sp³-hybridized carbons (Fsp3) is 0. The zero-order valence-electron chi connectivity index (χ0n) is 29.7. The molecule has 0 saturated carbocycles. The molecule has 0 unspecified atom stereocenters. The Labute approximate surface area is 315 Å². The second-order valence-corrected chi connectivity index (χ2v) is 13.8. The molecule has 10 aromatic rings. The summed E-state index contributed by atoms with van der Waals surface area (Å²) >= 11 is 0. The van der Waals surface area contributed by atoms with E-state index in [0.717, 1.165) is 28.3 Å². The topological polar surface area (TPSA) is 8.17 Å². The summed E-state index contributed by atoms with van der Waals surface area (Å²) < 4.78 is 2.42. The van der Waals surface area contributed by atoms with E-state index in [1.54, 1.807) is 0 Å². The molecule has 0 N–H and O–H groups in total. The highest BCUT2D eigenvalue weighted by Crippen LogP contribution is 2.47. The molecule has 0 saturated heterocycles. The Morgan fingerprint density at radius 3 is 1.48 bits per heavy atom. The summed E-state index contributed by atoms with van der Waals surface area (Å²) in [5, 5.41) is 4.94. The molecule has 0 aliphatic rings. The van der Waals surface area contributed by atoms with E-state index in [2.05, 4.69) is 228 Å². The fourth-order valence-corrected chi connectivity index (χ4v) is 8.02. The number of fused-ring (bicyclic) bond motifs is 4. The average molecular weight is 689 g/mol. The minimum Gasteiger partial charge on any atom is -0.310 e. The lowest BCUT2D eigenvalue weighted by molar-refractivity contribution is 1.18. The number of nitrogens with zero attached hydrogens (tertiary/aromatic N) is 2. The number of aromatic nitrogens is 1. The normalized spacial score (nSPS) is 11.3. The summed E-state index contributed by atoms with van der Waals surface area (Å²) in [5.41, 5.74) is 14.0. The highest BCUT2D eigenvalue weighted by atomic mass is 15.1. The quantitative estimate of drug-likeness (QED) is 0.162. The lowest BCUT2D eigenvalue weighted by atomic mass is 9.98. The van der Waals surface area contributed by atoms with Gasteiger partial charge in [0, 0.05) is 27.8 Å². The van der Waals surface area contributed by atoms with Crippen LogP contribution in [0.15, 0.2) is 218 Å². The fourth-order valence-electron chi connectivity index (χ4n) is 8.02. The second-order valence-electron chi connectivity index (χ2n) is 13.8. The second kappa shape index (κ2) is 13.4. The first-order chi connectivity index (χ1) is 26.8. The van der Waals surface area contributed by atoms with Crippen LogP contribution in [0.4, 0.5) is 17.1 Å². The maximum atomic E-state index is 2.43. The third-order valence-corrected chi connectivity index (χ3v) is 10.6. The van der Waals surface area contributed by atoms with Gasteiger partial charge in [-0.1, -0.05) is 158 Å². The summed E-state index contributed by atoms with van der Waals surface area (Å²) in [7, 11) is 0. The zero-order chi connectivity index (χ0) is 35.8. The van der Waals surface area contributed by atoms with Gasteiger partial charge in [0.1, 0.15) is 0 Å². The molecule has 0 amide bonds. The Kier molecular flexibility index (Phi) is 7.85. The van der Waals surface area contributed by atoms with Crippen molar-refractivity contribution in [2.45, 2.75) is 0 Å². The van der Waals surface area contributed by atoms with E-state index < -0.39 is 0 Å². The SMILES string of the molecule is c1ccc(-c2ccc(N(c3ccc(-c4ccc5ccccc5c4)cc3)c3cccc4c3c3c(-c5ccccc5)cccc3n4-c3ccccc3)cc2)cc1. The van der Waals surface area contributed by atoms with Crippen LogP contribution >= 0.6 is 0 Å². The molecular formula is C52H36N2. The molecule has 54 heavy (non-hydrogen) atoms. The first kappa shape index (κ1) is 31.6. The van der Waals surface area contributed by atoms with E-state index in [9.17, 15) is 0 Å². The third kappa shape index (κ3) is 5.53. The Hall–Kier alpha value is -7.16. The molecule has 0 bridgehead atoms. The van der Waals surface area contributed by atoms with Gasteiger partial charge in [-0.05, 0) is 105 Å². The van der Waals surface area contributed by atoms with Crippen molar-refractivity contribution >= 4 is 49.6 Å².